The Morgan fingerprint density at radius 1 is 1.62 bits per heavy atom. The molecule has 116 valence electrons. The van der Waals surface area contributed by atoms with E-state index in [-0.39, 0.29) is 30.4 Å². The van der Waals surface area contributed by atoms with Crippen LogP contribution in [0.5, 0.6) is 0 Å². The van der Waals surface area contributed by atoms with Crippen LogP contribution in [0.1, 0.15) is 23.8 Å². The summed E-state index contributed by atoms with van der Waals surface area (Å²) in [6.45, 7) is 1.97. The van der Waals surface area contributed by atoms with Gasteiger partial charge in [0.15, 0.2) is 0 Å². The third-order valence-electron chi connectivity index (χ3n) is 3.25. The van der Waals surface area contributed by atoms with Crippen LogP contribution in [-0.4, -0.2) is 44.8 Å². The number of carbonyl (C=O) groups is 2. The highest BCUT2D eigenvalue weighted by molar-refractivity contribution is 7.10. The van der Waals surface area contributed by atoms with E-state index in [1.165, 1.54) is 18.4 Å². The van der Waals surface area contributed by atoms with E-state index in [2.05, 4.69) is 10.6 Å². The molecule has 2 rings (SSSR count). The Morgan fingerprint density at radius 2 is 2.48 bits per heavy atom. The van der Waals surface area contributed by atoms with E-state index < -0.39 is 0 Å². The Hall–Kier alpha value is -1.44. The summed E-state index contributed by atoms with van der Waals surface area (Å²) in [5.41, 5.74) is 0. The minimum Gasteiger partial charge on any atom is -0.469 e. The standard InChI is InChI=1S/C14H20N2O4S/c1-19-14(18)8-11(12-3-2-6-21-12)16-13(17)7-10-9-20-5-4-15-10/h2-3,6,10-11,15H,4-5,7-9H2,1H3,(H,16,17). The largest absolute Gasteiger partial charge is 0.469 e. The first-order chi connectivity index (χ1) is 10.2. The first kappa shape index (κ1) is 15.9. The van der Waals surface area contributed by atoms with E-state index in [1.807, 2.05) is 17.5 Å². The van der Waals surface area contributed by atoms with Gasteiger partial charge in [0.05, 0.1) is 32.8 Å². The lowest BCUT2D eigenvalue weighted by Gasteiger charge is -2.24. The SMILES string of the molecule is COC(=O)CC(NC(=O)CC1COCCN1)c1cccs1. The fraction of sp³-hybridized carbons (Fsp3) is 0.571. The fourth-order valence-corrected chi connectivity index (χ4v) is 2.97. The van der Waals surface area contributed by atoms with Crippen molar-refractivity contribution < 1.29 is 19.1 Å². The summed E-state index contributed by atoms with van der Waals surface area (Å²) in [4.78, 5) is 24.6. The zero-order valence-electron chi connectivity index (χ0n) is 12.0. The van der Waals surface area contributed by atoms with Gasteiger partial charge in [0.25, 0.3) is 0 Å². The molecule has 1 aromatic heterocycles. The van der Waals surface area contributed by atoms with Crippen molar-refractivity contribution in [3.05, 3.63) is 22.4 Å². The molecular weight excluding hydrogens is 292 g/mol. The summed E-state index contributed by atoms with van der Waals surface area (Å²) in [6, 6.07) is 3.49. The quantitative estimate of drug-likeness (QED) is 0.762. The van der Waals surface area contributed by atoms with Gasteiger partial charge >= 0.3 is 5.97 Å². The van der Waals surface area contributed by atoms with E-state index in [4.69, 9.17) is 9.47 Å². The summed E-state index contributed by atoms with van der Waals surface area (Å²) < 4.78 is 10.0. The lowest BCUT2D eigenvalue weighted by molar-refractivity contribution is -0.141. The number of esters is 1. The highest BCUT2D eigenvalue weighted by Gasteiger charge is 2.22. The summed E-state index contributed by atoms with van der Waals surface area (Å²) in [5, 5.41) is 8.06. The second kappa shape index (κ2) is 8.11. The molecule has 0 spiro atoms. The Kier molecular flexibility index (Phi) is 6.16. The third kappa shape index (κ3) is 5.11. The van der Waals surface area contributed by atoms with Gasteiger partial charge in [-0.3, -0.25) is 9.59 Å². The van der Waals surface area contributed by atoms with Gasteiger partial charge < -0.3 is 20.1 Å². The van der Waals surface area contributed by atoms with Gasteiger partial charge in [-0.2, -0.15) is 0 Å². The van der Waals surface area contributed by atoms with Crippen molar-refractivity contribution in [2.75, 3.05) is 26.9 Å². The molecule has 0 aromatic carbocycles. The minimum absolute atomic E-state index is 0.0286. The van der Waals surface area contributed by atoms with Crippen molar-refractivity contribution in [2.45, 2.75) is 24.9 Å². The zero-order chi connectivity index (χ0) is 15.1. The molecular formula is C14H20N2O4S. The van der Waals surface area contributed by atoms with Crippen molar-refractivity contribution in [3.63, 3.8) is 0 Å². The molecule has 0 radical (unpaired) electrons. The number of hydrogen-bond acceptors (Lipinski definition) is 6. The minimum atomic E-state index is -0.340. The normalized spacial score (nSPS) is 19.8. The van der Waals surface area contributed by atoms with E-state index in [1.54, 1.807) is 0 Å². The monoisotopic (exact) mass is 312 g/mol. The van der Waals surface area contributed by atoms with Crippen molar-refractivity contribution in [1.29, 1.82) is 0 Å². The molecule has 7 heteroatoms. The number of amides is 1. The Balaban J connectivity index is 1.91. The molecule has 1 fully saturated rings. The molecule has 1 saturated heterocycles. The highest BCUT2D eigenvalue weighted by Crippen LogP contribution is 2.22. The number of rotatable bonds is 6. The third-order valence-corrected chi connectivity index (χ3v) is 4.24. The van der Waals surface area contributed by atoms with Gasteiger partial charge in [-0.05, 0) is 11.4 Å². The molecule has 21 heavy (non-hydrogen) atoms. The van der Waals surface area contributed by atoms with Crippen LogP contribution in [0.2, 0.25) is 0 Å². The Labute approximate surface area is 127 Å². The smallest absolute Gasteiger partial charge is 0.307 e. The van der Waals surface area contributed by atoms with E-state index >= 15 is 0 Å². The first-order valence-electron chi connectivity index (χ1n) is 6.89. The van der Waals surface area contributed by atoms with Crippen LogP contribution < -0.4 is 10.6 Å². The van der Waals surface area contributed by atoms with Crippen LogP contribution in [0.15, 0.2) is 17.5 Å². The molecule has 1 amide bonds. The fourth-order valence-electron chi connectivity index (χ4n) is 2.19. The molecule has 0 aliphatic carbocycles. The van der Waals surface area contributed by atoms with E-state index in [0.29, 0.717) is 19.6 Å². The number of morpholine rings is 1. The van der Waals surface area contributed by atoms with Gasteiger partial charge in [-0.25, -0.2) is 0 Å². The second-order valence-corrected chi connectivity index (χ2v) is 5.83. The van der Waals surface area contributed by atoms with Crippen LogP contribution in [0.4, 0.5) is 0 Å². The number of carbonyl (C=O) groups excluding carboxylic acids is 2. The van der Waals surface area contributed by atoms with Gasteiger partial charge in [-0.15, -0.1) is 11.3 Å². The lowest BCUT2D eigenvalue weighted by atomic mass is 10.1. The average molecular weight is 312 g/mol. The van der Waals surface area contributed by atoms with Crippen LogP contribution in [-0.2, 0) is 19.1 Å². The van der Waals surface area contributed by atoms with E-state index in [0.717, 1.165) is 11.4 Å². The topological polar surface area (TPSA) is 76.7 Å². The molecule has 0 saturated carbocycles. The van der Waals surface area contributed by atoms with Crippen molar-refractivity contribution in [3.8, 4) is 0 Å². The van der Waals surface area contributed by atoms with E-state index in [9.17, 15) is 9.59 Å². The molecule has 2 unspecified atom stereocenters. The maximum Gasteiger partial charge on any atom is 0.307 e. The van der Waals surface area contributed by atoms with Crippen molar-refractivity contribution >= 4 is 23.2 Å². The molecule has 2 atom stereocenters. The molecule has 6 nitrogen and oxygen atoms in total. The molecule has 2 heterocycles. The van der Waals surface area contributed by atoms with Gasteiger partial charge in [0.2, 0.25) is 5.91 Å². The number of nitrogens with one attached hydrogen (secondary N) is 2. The highest BCUT2D eigenvalue weighted by atomic mass is 32.1. The number of hydrogen-bond donors (Lipinski definition) is 2. The number of thiophene rings is 1. The molecule has 1 aliphatic rings. The van der Waals surface area contributed by atoms with Crippen molar-refractivity contribution in [2.24, 2.45) is 0 Å². The number of methoxy groups -OCH3 is 1. The van der Waals surface area contributed by atoms with Gasteiger partial charge in [0, 0.05) is 23.9 Å². The van der Waals surface area contributed by atoms with Crippen LogP contribution in [0.3, 0.4) is 0 Å². The number of ether oxygens (including phenoxy) is 2. The maximum atomic E-state index is 12.1. The predicted molar refractivity (Wildman–Crippen MR) is 79.1 cm³/mol. The molecule has 0 bridgehead atoms. The molecule has 2 N–H and O–H groups in total. The van der Waals surface area contributed by atoms with Crippen LogP contribution in [0.25, 0.3) is 0 Å². The average Bonchev–Trinajstić information content (AvgIpc) is 3.01. The summed E-state index contributed by atoms with van der Waals surface area (Å²) in [6.07, 6.45) is 0.473. The summed E-state index contributed by atoms with van der Waals surface area (Å²) >= 11 is 1.51. The summed E-state index contributed by atoms with van der Waals surface area (Å²) in [7, 11) is 1.35. The van der Waals surface area contributed by atoms with Gasteiger partial charge in [0.1, 0.15) is 0 Å². The maximum absolute atomic E-state index is 12.1. The van der Waals surface area contributed by atoms with Crippen LogP contribution in [0, 0.1) is 0 Å². The van der Waals surface area contributed by atoms with Gasteiger partial charge in [-0.1, -0.05) is 6.07 Å². The second-order valence-electron chi connectivity index (χ2n) is 4.85. The predicted octanol–water partition coefficient (Wildman–Crippen LogP) is 0.847. The Morgan fingerprint density at radius 3 is 3.10 bits per heavy atom. The molecule has 1 aromatic rings. The molecule has 1 aliphatic heterocycles. The van der Waals surface area contributed by atoms with Crippen LogP contribution >= 0.6 is 11.3 Å². The zero-order valence-corrected chi connectivity index (χ0v) is 12.8. The first-order valence-corrected chi connectivity index (χ1v) is 7.77. The Bertz CT molecular complexity index is 458. The summed E-state index contributed by atoms with van der Waals surface area (Å²) in [5.74, 6) is -0.437. The lowest BCUT2D eigenvalue weighted by Crippen LogP contribution is -2.44. The van der Waals surface area contributed by atoms with Crippen molar-refractivity contribution in [1.82, 2.24) is 10.6 Å².